The molecule has 0 atom stereocenters. The summed E-state index contributed by atoms with van der Waals surface area (Å²) in [4.78, 5) is 0. The molecule has 12 heavy (non-hydrogen) atoms. The van der Waals surface area contributed by atoms with Crippen LogP contribution in [0.5, 0.6) is 0 Å². The van der Waals surface area contributed by atoms with Gasteiger partial charge in [0.1, 0.15) is 0 Å². The standard InChI is InChI=1S/C9H9BrClN/c1-2-9(12)7-4-3-6(10)5-8(7)11/h2-5H,12H2,1H3/b9-2+. The van der Waals surface area contributed by atoms with Gasteiger partial charge in [0.05, 0.1) is 5.02 Å². The van der Waals surface area contributed by atoms with Crippen LogP contribution >= 0.6 is 27.5 Å². The van der Waals surface area contributed by atoms with Crippen molar-refractivity contribution in [1.29, 1.82) is 0 Å². The molecule has 0 spiro atoms. The highest BCUT2D eigenvalue weighted by Gasteiger charge is 2.01. The molecule has 0 aliphatic rings. The fourth-order valence-corrected chi connectivity index (χ4v) is 1.66. The van der Waals surface area contributed by atoms with Gasteiger partial charge >= 0.3 is 0 Å². The minimum Gasteiger partial charge on any atom is -0.398 e. The van der Waals surface area contributed by atoms with Gasteiger partial charge in [-0.15, -0.1) is 0 Å². The summed E-state index contributed by atoms with van der Waals surface area (Å²) in [6, 6.07) is 5.63. The molecule has 0 aliphatic heterocycles. The maximum Gasteiger partial charge on any atom is 0.0510 e. The maximum absolute atomic E-state index is 5.95. The van der Waals surface area contributed by atoms with Crippen LogP contribution < -0.4 is 5.73 Å². The van der Waals surface area contributed by atoms with E-state index in [0.29, 0.717) is 10.7 Å². The SMILES string of the molecule is C/C=C(/N)c1ccc(Br)cc1Cl. The van der Waals surface area contributed by atoms with E-state index in [4.69, 9.17) is 17.3 Å². The first-order valence-corrected chi connectivity index (χ1v) is 4.69. The molecule has 0 saturated carbocycles. The van der Waals surface area contributed by atoms with Crippen LogP contribution in [0.3, 0.4) is 0 Å². The van der Waals surface area contributed by atoms with Crippen molar-refractivity contribution >= 4 is 33.2 Å². The largest absolute Gasteiger partial charge is 0.398 e. The summed E-state index contributed by atoms with van der Waals surface area (Å²) in [5, 5.41) is 0.667. The van der Waals surface area contributed by atoms with Crippen LogP contribution in [0, 0.1) is 0 Å². The van der Waals surface area contributed by atoms with Crippen LogP contribution in [0.25, 0.3) is 5.70 Å². The monoisotopic (exact) mass is 245 g/mol. The summed E-state index contributed by atoms with van der Waals surface area (Å²) in [6.07, 6.45) is 1.83. The average Bonchev–Trinajstić information content (AvgIpc) is 2.03. The normalized spacial score (nSPS) is 11.8. The Kier molecular flexibility index (Phi) is 3.18. The fraction of sp³-hybridized carbons (Fsp3) is 0.111. The lowest BCUT2D eigenvalue weighted by Crippen LogP contribution is -1.95. The van der Waals surface area contributed by atoms with Crippen molar-refractivity contribution < 1.29 is 0 Å². The van der Waals surface area contributed by atoms with E-state index in [1.54, 1.807) is 0 Å². The lowest BCUT2D eigenvalue weighted by Gasteiger charge is -2.03. The first-order chi connectivity index (χ1) is 5.65. The van der Waals surface area contributed by atoms with Gasteiger partial charge in [0.25, 0.3) is 0 Å². The molecule has 1 aromatic carbocycles. The van der Waals surface area contributed by atoms with Crippen molar-refractivity contribution in [2.75, 3.05) is 0 Å². The molecule has 0 heterocycles. The predicted molar refractivity (Wildman–Crippen MR) is 57.0 cm³/mol. The molecule has 0 amide bonds. The van der Waals surface area contributed by atoms with Gasteiger partial charge in [0, 0.05) is 15.7 Å². The van der Waals surface area contributed by atoms with E-state index in [1.165, 1.54) is 0 Å². The van der Waals surface area contributed by atoms with Crippen LogP contribution in [0.4, 0.5) is 0 Å². The van der Waals surface area contributed by atoms with Gasteiger partial charge in [0.15, 0.2) is 0 Å². The average molecular weight is 247 g/mol. The smallest absolute Gasteiger partial charge is 0.0510 e. The Balaban J connectivity index is 3.18. The highest BCUT2D eigenvalue weighted by molar-refractivity contribution is 9.10. The molecule has 1 aromatic rings. The van der Waals surface area contributed by atoms with Crippen LogP contribution in [-0.4, -0.2) is 0 Å². The number of nitrogens with two attached hydrogens (primary N) is 1. The Morgan fingerprint density at radius 1 is 1.58 bits per heavy atom. The maximum atomic E-state index is 5.95. The Hall–Kier alpha value is -0.470. The third kappa shape index (κ3) is 2.02. The van der Waals surface area contributed by atoms with Gasteiger partial charge in [-0.05, 0) is 19.1 Å². The Labute approximate surface area is 85.3 Å². The van der Waals surface area contributed by atoms with Gasteiger partial charge in [-0.25, -0.2) is 0 Å². The second kappa shape index (κ2) is 3.97. The van der Waals surface area contributed by atoms with Gasteiger partial charge in [-0.1, -0.05) is 39.7 Å². The minimum absolute atomic E-state index is 0.667. The third-order valence-corrected chi connectivity index (χ3v) is 2.36. The lowest BCUT2D eigenvalue weighted by atomic mass is 10.1. The first-order valence-electron chi connectivity index (χ1n) is 3.52. The zero-order valence-electron chi connectivity index (χ0n) is 6.64. The summed E-state index contributed by atoms with van der Waals surface area (Å²) in [6.45, 7) is 1.88. The number of allylic oxidation sites excluding steroid dienone is 1. The molecule has 1 nitrogen and oxygen atoms in total. The minimum atomic E-state index is 0.667. The van der Waals surface area contributed by atoms with Crippen LogP contribution in [0.15, 0.2) is 28.7 Å². The topological polar surface area (TPSA) is 26.0 Å². The van der Waals surface area contributed by atoms with E-state index in [1.807, 2.05) is 31.2 Å². The van der Waals surface area contributed by atoms with E-state index >= 15 is 0 Å². The van der Waals surface area contributed by atoms with Crippen molar-refractivity contribution in [1.82, 2.24) is 0 Å². The molecule has 64 valence electrons. The Morgan fingerprint density at radius 3 is 2.75 bits per heavy atom. The molecule has 0 bridgehead atoms. The van der Waals surface area contributed by atoms with E-state index in [9.17, 15) is 0 Å². The quantitative estimate of drug-likeness (QED) is 0.807. The van der Waals surface area contributed by atoms with Crippen LogP contribution in [0.2, 0.25) is 5.02 Å². The van der Waals surface area contributed by atoms with Crippen molar-refractivity contribution in [2.24, 2.45) is 5.73 Å². The molecule has 0 radical (unpaired) electrons. The van der Waals surface area contributed by atoms with Crippen molar-refractivity contribution in [3.63, 3.8) is 0 Å². The van der Waals surface area contributed by atoms with Gasteiger partial charge < -0.3 is 5.73 Å². The van der Waals surface area contributed by atoms with Crippen LogP contribution in [-0.2, 0) is 0 Å². The van der Waals surface area contributed by atoms with Crippen molar-refractivity contribution in [3.8, 4) is 0 Å². The van der Waals surface area contributed by atoms with Crippen molar-refractivity contribution in [3.05, 3.63) is 39.3 Å². The van der Waals surface area contributed by atoms with Gasteiger partial charge in [0.2, 0.25) is 0 Å². The fourth-order valence-electron chi connectivity index (χ4n) is 0.879. The molecule has 1 rings (SSSR count). The summed E-state index contributed by atoms with van der Waals surface area (Å²) >= 11 is 9.27. The zero-order valence-corrected chi connectivity index (χ0v) is 8.98. The molecule has 0 unspecified atom stereocenters. The second-order valence-corrected chi connectivity index (χ2v) is 3.69. The van der Waals surface area contributed by atoms with Crippen molar-refractivity contribution in [2.45, 2.75) is 6.92 Å². The molecule has 0 saturated heterocycles. The van der Waals surface area contributed by atoms with Gasteiger partial charge in [-0.2, -0.15) is 0 Å². The summed E-state index contributed by atoms with van der Waals surface area (Å²) < 4.78 is 0.958. The molecular weight excluding hydrogens is 237 g/mol. The first kappa shape index (κ1) is 9.62. The number of benzene rings is 1. The van der Waals surface area contributed by atoms with E-state index in [2.05, 4.69) is 15.9 Å². The summed E-state index contributed by atoms with van der Waals surface area (Å²) in [7, 11) is 0. The Bertz CT molecular complexity index is 320. The summed E-state index contributed by atoms with van der Waals surface area (Å²) in [5.74, 6) is 0. The number of halogens is 2. The number of hydrogen-bond acceptors (Lipinski definition) is 1. The molecular formula is C9H9BrClN. The van der Waals surface area contributed by atoms with Crippen LogP contribution in [0.1, 0.15) is 12.5 Å². The lowest BCUT2D eigenvalue weighted by molar-refractivity contribution is 1.48. The molecule has 0 aliphatic carbocycles. The summed E-state index contributed by atoms with van der Waals surface area (Å²) in [5.41, 5.74) is 7.29. The number of rotatable bonds is 1. The molecule has 0 aromatic heterocycles. The Morgan fingerprint density at radius 2 is 2.25 bits per heavy atom. The van der Waals surface area contributed by atoms with E-state index < -0.39 is 0 Å². The highest BCUT2D eigenvalue weighted by atomic mass is 79.9. The molecule has 0 fully saturated rings. The highest BCUT2D eigenvalue weighted by Crippen LogP contribution is 2.24. The number of hydrogen-bond donors (Lipinski definition) is 1. The van der Waals surface area contributed by atoms with E-state index in [-0.39, 0.29) is 0 Å². The molecule has 2 N–H and O–H groups in total. The predicted octanol–water partition coefficient (Wildman–Crippen LogP) is 3.42. The zero-order chi connectivity index (χ0) is 9.14. The second-order valence-electron chi connectivity index (χ2n) is 2.37. The van der Waals surface area contributed by atoms with E-state index in [0.717, 1.165) is 10.0 Å². The van der Waals surface area contributed by atoms with Gasteiger partial charge in [-0.3, -0.25) is 0 Å². The third-order valence-electron chi connectivity index (χ3n) is 1.55. The molecule has 3 heteroatoms.